The third-order valence-electron chi connectivity index (χ3n) is 10.3. The van der Waals surface area contributed by atoms with E-state index in [-0.39, 0.29) is 13.1 Å². The normalized spacial score (nSPS) is 33.4. The molecule has 18 nitrogen and oxygen atoms in total. The summed E-state index contributed by atoms with van der Waals surface area (Å²) in [5, 5.41) is 57.6. The molecule has 1 aromatic rings. The fraction of sp³-hybridized carbons (Fsp3) is 0.824. The molecule has 12 atom stereocenters. The summed E-state index contributed by atoms with van der Waals surface area (Å²) in [7, 11) is 2.82. The molecule has 0 radical (unpaired) electrons. The topological polar surface area (TPSA) is 262 Å². The van der Waals surface area contributed by atoms with Gasteiger partial charge in [0.15, 0.2) is 12.5 Å². The van der Waals surface area contributed by atoms with Gasteiger partial charge in [0.2, 0.25) is 11.8 Å². The van der Waals surface area contributed by atoms with Crippen LogP contribution in [0, 0.1) is 0 Å². The zero-order valence-corrected chi connectivity index (χ0v) is 30.3. The van der Waals surface area contributed by atoms with E-state index in [1.54, 1.807) is 0 Å². The van der Waals surface area contributed by atoms with Crippen LogP contribution in [-0.2, 0) is 23.8 Å². The quantitative estimate of drug-likeness (QED) is 0.0723. The zero-order chi connectivity index (χ0) is 38.1. The second-order valence-electron chi connectivity index (χ2n) is 14.2. The highest BCUT2D eigenvalue weighted by atomic mass is 16.7. The Hall–Kier alpha value is -2.78. The molecular formula is C34H58N6O12. The molecular weight excluding hydrogens is 684 g/mol. The first-order chi connectivity index (χ1) is 24.8. The summed E-state index contributed by atoms with van der Waals surface area (Å²) in [6, 6.07) is -1.71. The average Bonchev–Trinajstić information content (AvgIpc) is 3.52. The molecule has 3 saturated heterocycles. The average molecular weight is 743 g/mol. The van der Waals surface area contributed by atoms with Crippen molar-refractivity contribution in [2.45, 2.75) is 145 Å². The van der Waals surface area contributed by atoms with E-state index >= 15 is 0 Å². The first kappa shape index (κ1) is 42.0. The molecule has 0 spiro atoms. The number of likely N-dealkylation sites (N-methyl/N-ethyl adjacent to an activating group) is 2. The molecule has 0 aliphatic carbocycles. The van der Waals surface area contributed by atoms with Crippen LogP contribution in [0.4, 0.5) is 0 Å². The summed E-state index contributed by atoms with van der Waals surface area (Å²) in [6.45, 7) is 2.14. The van der Waals surface area contributed by atoms with Crippen LogP contribution in [0.1, 0.15) is 77.4 Å². The Bertz CT molecular complexity index is 1410. The van der Waals surface area contributed by atoms with Crippen LogP contribution < -0.4 is 22.3 Å². The number of H-pyrrole nitrogens is 1. The van der Waals surface area contributed by atoms with Gasteiger partial charge in [-0.15, -0.1) is 0 Å². The van der Waals surface area contributed by atoms with E-state index < -0.39 is 96.5 Å². The van der Waals surface area contributed by atoms with Crippen molar-refractivity contribution in [1.82, 2.24) is 24.7 Å². The minimum atomic E-state index is -1.80. The molecule has 296 valence electrons. The van der Waals surface area contributed by atoms with Crippen molar-refractivity contribution in [2.24, 2.45) is 5.73 Å². The van der Waals surface area contributed by atoms with Gasteiger partial charge in [0.1, 0.15) is 54.8 Å². The van der Waals surface area contributed by atoms with E-state index in [2.05, 4.69) is 12.2 Å². The molecule has 5 unspecified atom stereocenters. The largest absolute Gasteiger partial charge is 0.389 e. The van der Waals surface area contributed by atoms with Crippen LogP contribution in [0.15, 0.2) is 21.9 Å². The van der Waals surface area contributed by atoms with Gasteiger partial charge in [-0.2, -0.15) is 0 Å². The maximum absolute atomic E-state index is 14.3. The van der Waals surface area contributed by atoms with Crippen LogP contribution in [0.25, 0.3) is 0 Å². The number of aromatic amines is 1. The van der Waals surface area contributed by atoms with Crippen LogP contribution in [0.2, 0.25) is 0 Å². The van der Waals surface area contributed by atoms with E-state index in [1.807, 2.05) is 4.98 Å². The number of ether oxygens (including phenoxy) is 3. The number of aromatic nitrogens is 2. The van der Waals surface area contributed by atoms with Gasteiger partial charge in [0, 0.05) is 38.9 Å². The molecule has 18 heteroatoms. The smallest absolute Gasteiger partial charge is 0.330 e. The maximum atomic E-state index is 14.3. The van der Waals surface area contributed by atoms with Gasteiger partial charge in [-0.1, -0.05) is 64.7 Å². The van der Waals surface area contributed by atoms with Crippen LogP contribution in [0.5, 0.6) is 0 Å². The molecule has 9 N–H and O–H groups in total. The summed E-state index contributed by atoms with van der Waals surface area (Å²) >= 11 is 0. The third-order valence-corrected chi connectivity index (χ3v) is 10.3. The predicted octanol–water partition coefficient (Wildman–Crippen LogP) is -2.51. The van der Waals surface area contributed by atoms with Gasteiger partial charge in [-0.05, 0) is 13.5 Å². The molecule has 1 aromatic heterocycles. The number of rotatable bonds is 18. The number of aliphatic hydroxyl groups excluding tert-OH is 5. The van der Waals surface area contributed by atoms with Crippen molar-refractivity contribution in [3.8, 4) is 0 Å². The fourth-order valence-corrected chi connectivity index (χ4v) is 7.29. The Morgan fingerprint density at radius 3 is 2.17 bits per heavy atom. The third kappa shape index (κ3) is 9.85. The molecule has 4 heterocycles. The number of amides is 2. The molecule has 0 saturated carbocycles. The molecule has 52 heavy (non-hydrogen) atoms. The number of unbranched alkanes of at least 4 members (excludes halogenated alkanes) is 9. The number of hydrogen-bond donors (Lipinski definition) is 8. The Morgan fingerprint density at radius 2 is 1.58 bits per heavy atom. The highest BCUT2D eigenvalue weighted by Gasteiger charge is 2.56. The minimum Gasteiger partial charge on any atom is -0.389 e. The van der Waals surface area contributed by atoms with E-state index in [0.29, 0.717) is 6.54 Å². The van der Waals surface area contributed by atoms with E-state index in [1.165, 1.54) is 57.5 Å². The monoisotopic (exact) mass is 742 g/mol. The number of β-amino-alcohol motifs (C(OH)–C–C–N with tert-alkyl or cyclic N) is 1. The Balaban J connectivity index is 1.50. The molecule has 0 bridgehead atoms. The highest BCUT2D eigenvalue weighted by Crippen LogP contribution is 2.36. The van der Waals surface area contributed by atoms with E-state index in [9.17, 15) is 44.7 Å². The number of nitrogens with two attached hydrogens (primary N) is 1. The van der Waals surface area contributed by atoms with Crippen molar-refractivity contribution in [3.05, 3.63) is 33.1 Å². The molecule has 4 rings (SSSR count). The Labute approximate surface area is 302 Å². The van der Waals surface area contributed by atoms with Crippen molar-refractivity contribution < 1.29 is 49.3 Å². The van der Waals surface area contributed by atoms with Crippen molar-refractivity contribution in [2.75, 3.05) is 33.7 Å². The number of carbonyl (C=O) groups is 2. The first-order valence-electron chi connectivity index (χ1n) is 18.4. The lowest BCUT2D eigenvalue weighted by molar-refractivity contribution is -0.233. The summed E-state index contributed by atoms with van der Waals surface area (Å²) in [5.41, 5.74) is 4.03. The van der Waals surface area contributed by atoms with E-state index in [0.717, 1.165) is 47.4 Å². The van der Waals surface area contributed by atoms with Gasteiger partial charge in [0.05, 0.1) is 6.10 Å². The second-order valence-corrected chi connectivity index (χ2v) is 14.2. The number of carbonyl (C=O) groups excluding carboxylic acids is 2. The lowest BCUT2D eigenvalue weighted by Gasteiger charge is -2.38. The maximum Gasteiger partial charge on any atom is 0.330 e. The molecule has 3 fully saturated rings. The van der Waals surface area contributed by atoms with Gasteiger partial charge in [-0.3, -0.25) is 28.8 Å². The Kier molecular flexibility index (Phi) is 15.8. The summed E-state index contributed by atoms with van der Waals surface area (Å²) in [5.74, 6) is -1.29. The Morgan fingerprint density at radius 1 is 0.942 bits per heavy atom. The number of nitrogens with zero attached hydrogens (tertiary/aromatic N) is 3. The molecule has 3 aliphatic rings. The standard InChI is InChI=1S/C34H58N6O12/c1-4-5-6-7-8-9-10-11-12-13-15-36-30(47)22-19(41)18-38(2)23(31(48)39(22)3)28(52-33-27(46)24(43)20(17-35)50-33)29-25(44)26(45)32(51-29)40-16-14-21(42)37-34(40)49/h14,16,19-20,22-29,32-33,41,43-46H,4-13,15,17-18,35H2,1-3H3,(H,36,47)(H,37,42,49)/t19-,20+,22?,23?,24+,25-,26+,27+,28+,29?,32?,33?/m0/s1. The van der Waals surface area contributed by atoms with Crippen molar-refractivity contribution >= 4 is 11.8 Å². The van der Waals surface area contributed by atoms with Gasteiger partial charge in [0.25, 0.3) is 5.56 Å². The number of aliphatic hydroxyl groups is 5. The van der Waals surface area contributed by atoms with Gasteiger partial charge in [-0.25, -0.2) is 4.79 Å². The number of hydrogen-bond acceptors (Lipinski definition) is 14. The fourth-order valence-electron chi connectivity index (χ4n) is 7.29. The number of nitrogens with one attached hydrogen (secondary N) is 2. The summed E-state index contributed by atoms with van der Waals surface area (Å²) in [4.78, 5) is 56.5. The summed E-state index contributed by atoms with van der Waals surface area (Å²) in [6.07, 6.45) is -3.06. The molecule has 2 amide bonds. The lowest BCUT2D eigenvalue weighted by Crippen LogP contribution is -2.60. The summed E-state index contributed by atoms with van der Waals surface area (Å²) < 4.78 is 18.6. The van der Waals surface area contributed by atoms with Crippen LogP contribution in [-0.4, -0.2) is 158 Å². The SMILES string of the molecule is CCCCCCCCCCCCNC(=O)C1[C@@H](O)CN(C)C([C@@H](OC2O[C@H](CN)[C@@H](O)[C@H]2O)C2OC(n3ccc(=O)[nH]c3=O)[C@H](O)[C@@H]2O)C(=O)N1C. The first-order valence-corrected chi connectivity index (χ1v) is 18.4. The van der Waals surface area contributed by atoms with Crippen molar-refractivity contribution in [3.63, 3.8) is 0 Å². The lowest BCUT2D eigenvalue weighted by atomic mass is 9.97. The van der Waals surface area contributed by atoms with Crippen LogP contribution >= 0.6 is 0 Å². The zero-order valence-electron chi connectivity index (χ0n) is 30.3. The minimum absolute atomic E-state index is 0.186. The van der Waals surface area contributed by atoms with Gasteiger partial charge >= 0.3 is 5.69 Å². The second kappa shape index (κ2) is 19.5. The van der Waals surface area contributed by atoms with E-state index in [4.69, 9.17) is 19.9 Å². The highest BCUT2D eigenvalue weighted by molar-refractivity contribution is 5.91. The van der Waals surface area contributed by atoms with Crippen LogP contribution in [0.3, 0.4) is 0 Å². The molecule has 0 aromatic carbocycles. The van der Waals surface area contributed by atoms with Gasteiger partial charge < -0.3 is 55.7 Å². The predicted molar refractivity (Wildman–Crippen MR) is 186 cm³/mol. The molecule has 3 aliphatic heterocycles. The van der Waals surface area contributed by atoms with Crippen molar-refractivity contribution in [1.29, 1.82) is 0 Å².